The van der Waals surface area contributed by atoms with Crippen molar-refractivity contribution in [2.24, 2.45) is 0 Å². The Morgan fingerprint density at radius 3 is 2.71 bits per heavy atom. The highest BCUT2D eigenvalue weighted by atomic mass is 35.5. The molecule has 0 saturated heterocycles. The van der Waals surface area contributed by atoms with Gasteiger partial charge in [-0.1, -0.05) is 24.6 Å². The smallest absolute Gasteiger partial charge is 0.328 e. The van der Waals surface area contributed by atoms with Gasteiger partial charge in [-0.2, -0.15) is 0 Å². The van der Waals surface area contributed by atoms with E-state index < -0.39 is 17.3 Å². The standard InChI is InChI=1S/C12H15ClFNO2/c1-3-6-15-12(2,11(16)17)8-4-5-10(14)9(13)7-8/h4-5,7,15H,3,6H2,1-2H3,(H,16,17). The van der Waals surface area contributed by atoms with Crippen LogP contribution in [-0.2, 0) is 10.3 Å². The first kappa shape index (κ1) is 13.9. The minimum atomic E-state index is -1.26. The predicted octanol–water partition coefficient (Wildman–Crippen LogP) is 2.78. The maximum absolute atomic E-state index is 13.0. The zero-order valence-electron chi connectivity index (χ0n) is 9.76. The molecule has 0 aliphatic rings. The lowest BCUT2D eigenvalue weighted by Crippen LogP contribution is -2.47. The molecule has 0 spiro atoms. The van der Waals surface area contributed by atoms with Crippen molar-refractivity contribution in [1.82, 2.24) is 5.32 Å². The molecular weight excluding hydrogens is 245 g/mol. The number of hydrogen-bond acceptors (Lipinski definition) is 2. The van der Waals surface area contributed by atoms with Crippen molar-refractivity contribution in [3.63, 3.8) is 0 Å². The largest absolute Gasteiger partial charge is 0.480 e. The van der Waals surface area contributed by atoms with Crippen LogP contribution in [0.1, 0.15) is 25.8 Å². The summed E-state index contributed by atoms with van der Waals surface area (Å²) in [6.45, 7) is 4.03. The third-order valence-corrected chi connectivity index (χ3v) is 2.94. The van der Waals surface area contributed by atoms with Crippen LogP contribution in [0, 0.1) is 5.82 Å². The van der Waals surface area contributed by atoms with Crippen LogP contribution in [0.25, 0.3) is 0 Å². The molecule has 1 unspecified atom stereocenters. The highest BCUT2D eigenvalue weighted by molar-refractivity contribution is 6.30. The molecule has 1 atom stereocenters. The van der Waals surface area contributed by atoms with Gasteiger partial charge in [-0.05, 0) is 37.6 Å². The third-order valence-electron chi connectivity index (χ3n) is 2.65. The Morgan fingerprint density at radius 2 is 2.24 bits per heavy atom. The minimum absolute atomic E-state index is 0.0757. The van der Waals surface area contributed by atoms with E-state index >= 15 is 0 Å². The lowest BCUT2D eigenvalue weighted by atomic mass is 9.92. The second-order valence-electron chi connectivity index (χ2n) is 3.99. The predicted molar refractivity (Wildman–Crippen MR) is 64.7 cm³/mol. The molecule has 0 aliphatic carbocycles. The molecule has 0 saturated carbocycles. The number of aliphatic carboxylic acids is 1. The normalized spacial score (nSPS) is 14.4. The Hall–Kier alpha value is -1.13. The van der Waals surface area contributed by atoms with Crippen LogP contribution in [-0.4, -0.2) is 17.6 Å². The van der Waals surface area contributed by atoms with E-state index in [0.717, 1.165) is 6.42 Å². The van der Waals surface area contributed by atoms with Crippen molar-refractivity contribution in [3.05, 3.63) is 34.6 Å². The number of nitrogens with one attached hydrogen (secondary N) is 1. The van der Waals surface area contributed by atoms with Crippen molar-refractivity contribution in [2.75, 3.05) is 6.54 Å². The Morgan fingerprint density at radius 1 is 1.59 bits per heavy atom. The fourth-order valence-electron chi connectivity index (χ4n) is 1.48. The van der Waals surface area contributed by atoms with Gasteiger partial charge < -0.3 is 5.11 Å². The molecule has 0 amide bonds. The summed E-state index contributed by atoms with van der Waals surface area (Å²) in [7, 11) is 0. The summed E-state index contributed by atoms with van der Waals surface area (Å²) in [5.41, 5.74) is -0.822. The summed E-state index contributed by atoms with van der Waals surface area (Å²) in [6, 6.07) is 3.94. The summed E-state index contributed by atoms with van der Waals surface area (Å²) >= 11 is 5.66. The quantitative estimate of drug-likeness (QED) is 0.855. The zero-order valence-corrected chi connectivity index (χ0v) is 10.5. The van der Waals surface area contributed by atoms with Crippen LogP contribution in [0.2, 0.25) is 5.02 Å². The van der Waals surface area contributed by atoms with Gasteiger partial charge >= 0.3 is 5.97 Å². The maximum atomic E-state index is 13.0. The number of carboxylic acids is 1. The van der Waals surface area contributed by atoms with Crippen LogP contribution in [0.4, 0.5) is 4.39 Å². The van der Waals surface area contributed by atoms with E-state index in [1.54, 1.807) is 0 Å². The van der Waals surface area contributed by atoms with E-state index in [1.807, 2.05) is 6.92 Å². The highest BCUT2D eigenvalue weighted by Crippen LogP contribution is 2.25. The summed E-state index contributed by atoms with van der Waals surface area (Å²) in [5, 5.41) is 12.1. The Balaban J connectivity index is 3.13. The molecule has 94 valence electrons. The van der Waals surface area contributed by atoms with E-state index in [2.05, 4.69) is 5.32 Å². The molecule has 0 fully saturated rings. The first-order valence-corrected chi connectivity index (χ1v) is 5.73. The zero-order chi connectivity index (χ0) is 13.1. The highest BCUT2D eigenvalue weighted by Gasteiger charge is 2.34. The fourth-order valence-corrected chi connectivity index (χ4v) is 1.66. The number of carboxylic acid groups (broad SMARTS) is 1. The van der Waals surface area contributed by atoms with Gasteiger partial charge in [0.05, 0.1) is 5.02 Å². The molecule has 2 N–H and O–H groups in total. The van der Waals surface area contributed by atoms with Gasteiger partial charge in [0, 0.05) is 0 Å². The average Bonchev–Trinajstić information content (AvgIpc) is 2.29. The molecular formula is C12H15ClFNO2. The van der Waals surface area contributed by atoms with Gasteiger partial charge in [-0.25, -0.2) is 9.18 Å². The van der Waals surface area contributed by atoms with Crippen LogP contribution in [0.5, 0.6) is 0 Å². The van der Waals surface area contributed by atoms with Crippen molar-refractivity contribution < 1.29 is 14.3 Å². The molecule has 1 aromatic carbocycles. The summed E-state index contributed by atoms with van der Waals surface area (Å²) in [5.74, 6) is -1.58. The topological polar surface area (TPSA) is 49.3 Å². The van der Waals surface area contributed by atoms with Gasteiger partial charge in [0.15, 0.2) is 0 Å². The van der Waals surface area contributed by atoms with Gasteiger partial charge in [0.25, 0.3) is 0 Å². The van der Waals surface area contributed by atoms with Crippen molar-refractivity contribution in [3.8, 4) is 0 Å². The monoisotopic (exact) mass is 259 g/mol. The molecule has 1 aromatic rings. The molecule has 0 radical (unpaired) electrons. The Kier molecular flexibility index (Phi) is 4.48. The van der Waals surface area contributed by atoms with E-state index in [9.17, 15) is 14.3 Å². The summed E-state index contributed by atoms with van der Waals surface area (Å²) in [6.07, 6.45) is 0.803. The molecule has 0 aliphatic heterocycles. The molecule has 0 aromatic heterocycles. The van der Waals surface area contributed by atoms with E-state index in [4.69, 9.17) is 11.6 Å². The molecule has 1 rings (SSSR count). The lowest BCUT2D eigenvalue weighted by Gasteiger charge is -2.27. The van der Waals surface area contributed by atoms with Crippen LogP contribution < -0.4 is 5.32 Å². The third kappa shape index (κ3) is 2.96. The molecule has 3 nitrogen and oxygen atoms in total. The summed E-state index contributed by atoms with van der Waals surface area (Å²) in [4.78, 5) is 11.3. The first-order valence-electron chi connectivity index (χ1n) is 5.35. The van der Waals surface area contributed by atoms with Crippen LogP contribution >= 0.6 is 11.6 Å². The number of rotatable bonds is 5. The molecule has 0 bridgehead atoms. The van der Waals surface area contributed by atoms with Crippen molar-refractivity contribution in [1.29, 1.82) is 0 Å². The summed E-state index contributed by atoms with van der Waals surface area (Å²) < 4.78 is 13.0. The molecule has 17 heavy (non-hydrogen) atoms. The Labute approximate surface area is 105 Å². The van der Waals surface area contributed by atoms with E-state index in [-0.39, 0.29) is 5.02 Å². The van der Waals surface area contributed by atoms with Gasteiger partial charge in [0.2, 0.25) is 0 Å². The number of halogens is 2. The van der Waals surface area contributed by atoms with Crippen molar-refractivity contribution in [2.45, 2.75) is 25.8 Å². The van der Waals surface area contributed by atoms with Gasteiger partial charge in [0.1, 0.15) is 11.4 Å². The lowest BCUT2D eigenvalue weighted by molar-refractivity contribution is -0.144. The van der Waals surface area contributed by atoms with Gasteiger partial charge in [-0.15, -0.1) is 0 Å². The Bertz CT molecular complexity index is 425. The molecule has 0 heterocycles. The molecule has 5 heteroatoms. The first-order chi connectivity index (χ1) is 7.91. The van der Waals surface area contributed by atoms with Crippen LogP contribution in [0.15, 0.2) is 18.2 Å². The fraction of sp³-hybridized carbons (Fsp3) is 0.417. The average molecular weight is 260 g/mol. The maximum Gasteiger partial charge on any atom is 0.328 e. The van der Waals surface area contributed by atoms with Gasteiger partial charge in [-0.3, -0.25) is 5.32 Å². The minimum Gasteiger partial charge on any atom is -0.480 e. The van der Waals surface area contributed by atoms with E-state index in [1.165, 1.54) is 25.1 Å². The SMILES string of the molecule is CCCNC(C)(C(=O)O)c1ccc(F)c(Cl)c1. The second-order valence-corrected chi connectivity index (χ2v) is 4.39. The second kappa shape index (κ2) is 5.47. The number of hydrogen-bond donors (Lipinski definition) is 2. The number of carbonyl (C=O) groups is 1. The van der Waals surface area contributed by atoms with E-state index in [0.29, 0.717) is 12.1 Å². The number of benzene rings is 1. The van der Waals surface area contributed by atoms with Crippen LogP contribution in [0.3, 0.4) is 0 Å². The van der Waals surface area contributed by atoms with Crippen molar-refractivity contribution >= 4 is 17.6 Å².